The summed E-state index contributed by atoms with van der Waals surface area (Å²) in [4.78, 5) is 29.8. The van der Waals surface area contributed by atoms with E-state index in [1.807, 2.05) is 60.0 Å². The zero-order chi connectivity index (χ0) is 22.9. The number of thiophene rings is 1. The smallest absolute Gasteiger partial charge is 0.257 e. The maximum absolute atomic E-state index is 12.9. The lowest BCUT2D eigenvalue weighted by Crippen LogP contribution is -2.28. The molecule has 4 N–H and O–H groups in total. The molecule has 4 aromatic heterocycles. The van der Waals surface area contributed by atoms with Crippen LogP contribution >= 0.6 is 11.3 Å². The number of carbonyl (C=O) groups excluding carboxylic acids is 2. The summed E-state index contributed by atoms with van der Waals surface area (Å²) < 4.78 is 2.82. The zero-order valence-electron chi connectivity index (χ0n) is 17.5. The Morgan fingerprint density at radius 3 is 2.79 bits per heavy atom. The van der Waals surface area contributed by atoms with Gasteiger partial charge in [-0.05, 0) is 31.2 Å². The van der Waals surface area contributed by atoms with Gasteiger partial charge in [-0.2, -0.15) is 0 Å². The maximum Gasteiger partial charge on any atom is 0.257 e. The number of anilines is 2. The predicted molar refractivity (Wildman–Crippen MR) is 127 cm³/mol. The van der Waals surface area contributed by atoms with E-state index in [9.17, 15) is 9.59 Å². The highest BCUT2D eigenvalue weighted by Crippen LogP contribution is 2.27. The van der Waals surface area contributed by atoms with Crippen LogP contribution in [0.15, 0.2) is 66.3 Å². The van der Waals surface area contributed by atoms with Gasteiger partial charge in [0.15, 0.2) is 11.5 Å². The number of amides is 2. The molecule has 0 fully saturated rings. The Hall–Kier alpha value is -4.31. The number of nitrogens with one attached hydrogen (secondary N) is 2. The second-order valence-electron chi connectivity index (χ2n) is 7.44. The minimum Gasteiger partial charge on any atom is -0.382 e. The van der Waals surface area contributed by atoms with E-state index in [4.69, 9.17) is 5.73 Å². The average molecular weight is 458 g/mol. The molecular formula is C23H19N7O2S. The number of carbonyl (C=O) groups is 2. The van der Waals surface area contributed by atoms with E-state index in [1.54, 1.807) is 5.38 Å². The lowest BCUT2D eigenvalue weighted by Gasteiger charge is -2.14. The SMILES string of the molecule is CC(NC(=O)c1cnc(N)c(NC(=O)c2csc3ccccc23)c1)c1nnc2ccccn12. The second kappa shape index (κ2) is 8.32. The molecule has 1 unspecified atom stereocenters. The van der Waals surface area contributed by atoms with Crippen molar-refractivity contribution in [3.8, 4) is 0 Å². The first-order chi connectivity index (χ1) is 16.0. The summed E-state index contributed by atoms with van der Waals surface area (Å²) in [5, 5.41) is 16.6. The first-order valence-corrected chi connectivity index (χ1v) is 11.0. The summed E-state index contributed by atoms with van der Waals surface area (Å²) in [5.41, 5.74) is 7.72. The highest BCUT2D eigenvalue weighted by atomic mass is 32.1. The Morgan fingerprint density at radius 2 is 1.91 bits per heavy atom. The standard InChI is InChI=1S/C23H19N7O2S/c1-13(21-29-28-19-8-4-5-9-30(19)21)26-22(31)14-10-17(20(24)25-11-14)27-23(32)16-12-33-18-7-3-2-6-15(16)18/h2-13H,1H3,(H2,24,25)(H,26,31)(H,27,32). The topological polar surface area (TPSA) is 127 Å². The zero-order valence-corrected chi connectivity index (χ0v) is 18.3. The van der Waals surface area contributed by atoms with Crippen LogP contribution in [0.25, 0.3) is 15.7 Å². The summed E-state index contributed by atoms with van der Waals surface area (Å²) in [5.74, 6) is 0.0251. The molecule has 0 aliphatic carbocycles. The molecule has 1 atom stereocenters. The van der Waals surface area contributed by atoms with Crippen molar-refractivity contribution in [2.24, 2.45) is 0 Å². The van der Waals surface area contributed by atoms with Crippen LogP contribution in [0.5, 0.6) is 0 Å². The van der Waals surface area contributed by atoms with Crippen molar-refractivity contribution in [3.63, 3.8) is 0 Å². The van der Waals surface area contributed by atoms with Crippen molar-refractivity contribution in [1.29, 1.82) is 0 Å². The summed E-state index contributed by atoms with van der Waals surface area (Å²) in [6, 6.07) is 14.3. The number of benzene rings is 1. The molecule has 0 radical (unpaired) electrons. The molecule has 4 heterocycles. The molecule has 0 saturated carbocycles. The van der Waals surface area contributed by atoms with E-state index >= 15 is 0 Å². The number of rotatable bonds is 5. The Labute approximate surface area is 192 Å². The molecule has 10 heteroatoms. The fourth-order valence-electron chi connectivity index (χ4n) is 3.54. The monoisotopic (exact) mass is 457 g/mol. The highest BCUT2D eigenvalue weighted by molar-refractivity contribution is 7.17. The Morgan fingerprint density at radius 1 is 1.09 bits per heavy atom. The highest BCUT2D eigenvalue weighted by Gasteiger charge is 2.19. The van der Waals surface area contributed by atoms with Gasteiger partial charge in [-0.25, -0.2) is 4.98 Å². The van der Waals surface area contributed by atoms with Crippen LogP contribution in [-0.2, 0) is 0 Å². The maximum atomic E-state index is 12.9. The molecule has 2 amide bonds. The van der Waals surface area contributed by atoms with Crippen LogP contribution < -0.4 is 16.4 Å². The van der Waals surface area contributed by atoms with Gasteiger partial charge < -0.3 is 16.4 Å². The van der Waals surface area contributed by atoms with Crippen LogP contribution in [0.2, 0.25) is 0 Å². The van der Waals surface area contributed by atoms with Crippen LogP contribution in [0.3, 0.4) is 0 Å². The van der Waals surface area contributed by atoms with Crippen molar-refractivity contribution in [1.82, 2.24) is 24.9 Å². The molecule has 0 bridgehead atoms. The van der Waals surface area contributed by atoms with Crippen LogP contribution in [0.4, 0.5) is 11.5 Å². The first kappa shape index (κ1) is 20.6. The normalized spacial score (nSPS) is 12.0. The van der Waals surface area contributed by atoms with Crippen molar-refractivity contribution in [3.05, 3.63) is 83.3 Å². The molecular weight excluding hydrogens is 438 g/mol. The van der Waals surface area contributed by atoms with Crippen molar-refractivity contribution in [2.75, 3.05) is 11.1 Å². The summed E-state index contributed by atoms with van der Waals surface area (Å²) >= 11 is 1.49. The van der Waals surface area contributed by atoms with Gasteiger partial charge >= 0.3 is 0 Å². The van der Waals surface area contributed by atoms with E-state index in [0.29, 0.717) is 17.0 Å². The molecule has 5 rings (SSSR count). The summed E-state index contributed by atoms with van der Waals surface area (Å²) in [6.07, 6.45) is 3.20. The number of nitrogen functional groups attached to an aromatic ring is 1. The number of hydrogen-bond acceptors (Lipinski definition) is 7. The fraction of sp³-hybridized carbons (Fsp3) is 0.0870. The molecule has 0 saturated heterocycles. The third-order valence-electron chi connectivity index (χ3n) is 5.23. The van der Waals surface area contributed by atoms with Gasteiger partial charge in [-0.3, -0.25) is 14.0 Å². The van der Waals surface area contributed by atoms with Crippen molar-refractivity contribution >= 4 is 50.4 Å². The van der Waals surface area contributed by atoms with Crippen LogP contribution in [-0.4, -0.2) is 31.4 Å². The molecule has 0 spiro atoms. The fourth-order valence-corrected chi connectivity index (χ4v) is 4.48. The lowest BCUT2D eigenvalue weighted by molar-refractivity contribution is 0.0936. The van der Waals surface area contributed by atoms with E-state index in [0.717, 1.165) is 10.1 Å². The van der Waals surface area contributed by atoms with Gasteiger partial charge in [0.1, 0.15) is 5.82 Å². The molecule has 0 aliphatic heterocycles. The number of nitrogens with zero attached hydrogens (tertiary/aromatic N) is 4. The Bertz CT molecular complexity index is 1510. The van der Waals surface area contributed by atoms with Gasteiger partial charge in [-0.1, -0.05) is 24.3 Å². The molecule has 1 aromatic carbocycles. The summed E-state index contributed by atoms with van der Waals surface area (Å²) in [7, 11) is 0. The molecule has 5 aromatic rings. The van der Waals surface area contributed by atoms with Gasteiger partial charge in [0, 0.05) is 27.9 Å². The van der Waals surface area contributed by atoms with E-state index < -0.39 is 6.04 Å². The molecule has 0 aliphatic rings. The third-order valence-corrected chi connectivity index (χ3v) is 6.19. The predicted octanol–water partition coefficient (Wildman–Crippen LogP) is 3.66. The van der Waals surface area contributed by atoms with Crippen LogP contribution in [0, 0.1) is 0 Å². The molecule has 33 heavy (non-hydrogen) atoms. The molecule has 164 valence electrons. The Balaban J connectivity index is 1.35. The third kappa shape index (κ3) is 3.87. The van der Waals surface area contributed by atoms with E-state index in [2.05, 4.69) is 25.8 Å². The van der Waals surface area contributed by atoms with Crippen LogP contribution in [0.1, 0.15) is 39.5 Å². The second-order valence-corrected chi connectivity index (χ2v) is 8.35. The van der Waals surface area contributed by atoms with Crippen molar-refractivity contribution < 1.29 is 9.59 Å². The minimum absolute atomic E-state index is 0.121. The first-order valence-electron chi connectivity index (χ1n) is 10.1. The number of nitrogens with two attached hydrogens (primary N) is 1. The van der Waals surface area contributed by atoms with Gasteiger partial charge in [0.05, 0.1) is 22.9 Å². The van der Waals surface area contributed by atoms with E-state index in [1.165, 1.54) is 23.6 Å². The number of fused-ring (bicyclic) bond motifs is 2. The Kier molecular flexibility index (Phi) is 5.19. The number of pyridine rings is 2. The van der Waals surface area contributed by atoms with Gasteiger partial charge in [0.2, 0.25) is 0 Å². The van der Waals surface area contributed by atoms with E-state index in [-0.39, 0.29) is 28.9 Å². The number of aromatic nitrogens is 4. The van der Waals surface area contributed by atoms with Gasteiger partial charge in [-0.15, -0.1) is 21.5 Å². The lowest BCUT2D eigenvalue weighted by atomic mass is 10.1. The van der Waals surface area contributed by atoms with Crippen molar-refractivity contribution in [2.45, 2.75) is 13.0 Å². The quantitative estimate of drug-likeness (QED) is 0.370. The number of hydrogen-bond donors (Lipinski definition) is 3. The molecule has 9 nitrogen and oxygen atoms in total. The average Bonchev–Trinajstić information content (AvgIpc) is 3.45. The van der Waals surface area contributed by atoms with Gasteiger partial charge in [0.25, 0.3) is 11.8 Å². The largest absolute Gasteiger partial charge is 0.382 e. The minimum atomic E-state index is -0.414. The summed E-state index contributed by atoms with van der Waals surface area (Å²) in [6.45, 7) is 1.82.